The maximum Gasteiger partial charge on any atom is 0.133 e. The van der Waals surface area contributed by atoms with Gasteiger partial charge in [-0.2, -0.15) is 0 Å². The van der Waals surface area contributed by atoms with Gasteiger partial charge in [0, 0.05) is 43.0 Å². The second kappa shape index (κ2) is 6.31. The van der Waals surface area contributed by atoms with Crippen LogP contribution in [0.15, 0.2) is 28.4 Å². The Bertz CT molecular complexity index is 448. The second-order valence-electron chi connectivity index (χ2n) is 4.33. The van der Waals surface area contributed by atoms with E-state index in [1.54, 1.807) is 7.11 Å². The molecule has 0 spiro atoms. The van der Waals surface area contributed by atoms with Gasteiger partial charge in [-0.05, 0) is 34.0 Å². The molecular formula is C13H18BrN3O. The summed E-state index contributed by atoms with van der Waals surface area (Å²) in [6.07, 6.45) is 5.06. The molecule has 2 rings (SSSR count). The zero-order chi connectivity index (χ0) is 13.0. The van der Waals surface area contributed by atoms with E-state index in [1.807, 2.05) is 12.3 Å². The Morgan fingerprint density at radius 1 is 1.56 bits per heavy atom. The Hall–Kier alpha value is -0.910. The van der Waals surface area contributed by atoms with Gasteiger partial charge in [0.05, 0.1) is 6.61 Å². The highest BCUT2D eigenvalue weighted by atomic mass is 79.9. The third-order valence-electron chi connectivity index (χ3n) is 3.06. The van der Waals surface area contributed by atoms with Gasteiger partial charge < -0.3 is 15.4 Å². The maximum atomic E-state index is 5.78. The molecule has 0 atom stereocenters. The Kier molecular flexibility index (Phi) is 4.74. The van der Waals surface area contributed by atoms with Gasteiger partial charge in [0.15, 0.2) is 0 Å². The van der Waals surface area contributed by atoms with E-state index in [2.05, 4.69) is 31.9 Å². The van der Waals surface area contributed by atoms with Crippen LogP contribution in [0.2, 0.25) is 0 Å². The lowest BCUT2D eigenvalue weighted by Gasteiger charge is -2.28. The van der Waals surface area contributed by atoms with Crippen LogP contribution >= 0.6 is 15.9 Å². The summed E-state index contributed by atoms with van der Waals surface area (Å²) >= 11 is 3.43. The van der Waals surface area contributed by atoms with Crippen molar-refractivity contribution in [3.63, 3.8) is 0 Å². The van der Waals surface area contributed by atoms with Crippen LogP contribution in [0.25, 0.3) is 0 Å². The molecule has 0 saturated heterocycles. The minimum atomic E-state index is 0.507. The highest BCUT2D eigenvalue weighted by Crippen LogP contribution is 2.24. The summed E-state index contributed by atoms with van der Waals surface area (Å²) in [5.41, 5.74) is 8.22. The van der Waals surface area contributed by atoms with Crippen LogP contribution in [0.3, 0.4) is 0 Å². The third-order valence-corrected chi connectivity index (χ3v) is 3.50. The molecule has 18 heavy (non-hydrogen) atoms. The van der Waals surface area contributed by atoms with Crippen LogP contribution in [0, 0.1) is 0 Å². The molecule has 4 nitrogen and oxygen atoms in total. The summed E-state index contributed by atoms with van der Waals surface area (Å²) in [4.78, 5) is 6.74. The van der Waals surface area contributed by atoms with E-state index >= 15 is 0 Å². The van der Waals surface area contributed by atoms with Crippen molar-refractivity contribution in [2.24, 2.45) is 5.73 Å². The van der Waals surface area contributed by atoms with Gasteiger partial charge in [0.1, 0.15) is 5.82 Å². The number of pyridine rings is 1. The summed E-state index contributed by atoms with van der Waals surface area (Å²) in [6.45, 7) is 3.08. The minimum absolute atomic E-state index is 0.507. The molecule has 5 heteroatoms. The summed E-state index contributed by atoms with van der Waals surface area (Å²) in [7, 11) is 1.73. The lowest BCUT2D eigenvalue weighted by atomic mass is 10.1. The molecular weight excluding hydrogens is 294 g/mol. The van der Waals surface area contributed by atoms with Crippen molar-refractivity contribution in [1.29, 1.82) is 0 Å². The summed E-state index contributed by atoms with van der Waals surface area (Å²) < 4.78 is 6.13. The minimum Gasteiger partial charge on any atom is -0.380 e. The zero-order valence-corrected chi connectivity index (χ0v) is 12.1. The zero-order valence-electron chi connectivity index (χ0n) is 10.5. The highest BCUT2D eigenvalue weighted by molar-refractivity contribution is 9.10. The Labute approximate surface area is 116 Å². The Morgan fingerprint density at radius 3 is 3.00 bits per heavy atom. The third kappa shape index (κ3) is 3.10. The predicted molar refractivity (Wildman–Crippen MR) is 76.6 cm³/mol. The Morgan fingerprint density at radius 2 is 2.39 bits per heavy atom. The molecule has 2 heterocycles. The molecule has 0 radical (unpaired) electrons. The normalized spacial score (nSPS) is 15.7. The van der Waals surface area contributed by atoms with Crippen molar-refractivity contribution in [3.05, 3.63) is 33.9 Å². The largest absolute Gasteiger partial charge is 0.380 e. The lowest BCUT2D eigenvalue weighted by molar-refractivity contribution is 0.222. The SMILES string of the molecule is COCC1=CCN(c2ncc(Br)cc2CN)CC1. The average Bonchev–Trinajstić information content (AvgIpc) is 2.40. The predicted octanol–water partition coefficient (Wildman–Crippen LogP) is 2.09. The maximum absolute atomic E-state index is 5.78. The van der Waals surface area contributed by atoms with Crippen LogP contribution in [0.4, 0.5) is 5.82 Å². The quantitative estimate of drug-likeness (QED) is 0.865. The number of rotatable bonds is 4. The standard InChI is InChI=1S/C13H18BrN3O/c1-18-9-10-2-4-17(5-3-10)13-11(7-15)6-12(14)8-16-13/h2,6,8H,3-5,7,9,15H2,1H3. The summed E-state index contributed by atoms with van der Waals surface area (Å²) in [6, 6.07) is 2.04. The van der Waals surface area contributed by atoms with Crippen LogP contribution in [-0.4, -0.2) is 31.8 Å². The monoisotopic (exact) mass is 311 g/mol. The van der Waals surface area contributed by atoms with Gasteiger partial charge in [-0.3, -0.25) is 0 Å². The van der Waals surface area contributed by atoms with Crippen LogP contribution < -0.4 is 10.6 Å². The summed E-state index contributed by atoms with van der Waals surface area (Å²) in [5.74, 6) is 0.994. The molecule has 1 aliphatic rings. The van der Waals surface area contributed by atoms with Crippen molar-refractivity contribution < 1.29 is 4.74 Å². The molecule has 2 N–H and O–H groups in total. The number of aromatic nitrogens is 1. The van der Waals surface area contributed by atoms with Crippen LogP contribution in [0.1, 0.15) is 12.0 Å². The number of methoxy groups -OCH3 is 1. The molecule has 0 unspecified atom stereocenters. The first-order chi connectivity index (χ1) is 8.74. The number of anilines is 1. The second-order valence-corrected chi connectivity index (χ2v) is 5.25. The smallest absolute Gasteiger partial charge is 0.133 e. The molecule has 1 aromatic rings. The first-order valence-corrected chi connectivity index (χ1v) is 6.80. The number of hydrogen-bond donors (Lipinski definition) is 1. The van der Waals surface area contributed by atoms with Crippen LogP contribution in [-0.2, 0) is 11.3 Å². The molecule has 0 aliphatic carbocycles. The first-order valence-electron chi connectivity index (χ1n) is 6.01. The van der Waals surface area contributed by atoms with Gasteiger partial charge in [0.25, 0.3) is 0 Å². The molecule has 0 fully saturated rings. The number of nitrogens with two attached hydrogens (primary N) is 1. The summed E-state index contributed by atoms with van der Waals surface area (Å²) in [5, 5.41) is 0. The fourth-order valence-corrected chi connectivity index (χ4v) is 2.51. The average molecular weight is 312 g/mol. The molecule has 0 saturated carbocycles. The van der Waals surface area contributed by atoms with Crippen molar-refractivity contribution in [2.75, 3.05) is 31.7 Å². The number of hydrogen-bond acceptors (Lipinski definition) is 4. The number of halogens is 1. The van der Waals surface area contributed by atoms with E-state index in [1.165, 1.54) is 5.57 Å². The van der Waals surface area contributed by atoms with Crippen LogP contribution in [0.5, 0.6) is 0 Å². The number of ether oxygens (including phenoxy) is 1. The van der Waals surface area contributed by atoms with Gasteiger partial charge >= 0.3 is 0 Å². The van der Waals surface area contributed by atoms with Gasteiger partial charge in [-0.25, -0.2) is 4.98 Å². The van der Waals surface area contributed by atoms with Gasteiger partial charge in [-0.15, -0.1) is 0 Å². The van der Waals surface area contributed by atoms with E-state index in [-0.39, 0.29) is 0 Å². The van der Waals surface area contributed by atoms with Gasteiger partial charge in [0.2, 0.25) is 0 Å². The van der Waals surface area contributed by atoms with Crippen molar-refractivity contribution >= 4 is 21.7 Å². The van der Waals surface area contributed by atoms with Crippen molar-refractivity contribution in [1.82, 2.24) is 4.98 Å². The van der Waals surface area contributed by atoms with Crippen molar-refractivity contribution in [3.8, 4) is 0 Å². The number of nitrogens with zero attached hydrogens (tertiary/aromatic N) is 2. The topological polar surface area (TPSA) is 51.4 Å². The Balaban J connectivity index is 2.14. The fourth-order valence-electron chi connectivity index (χ4n) is 2.13. The lowest BCUT2D eigenvalue weighted by Crippen LogP contribution is -2.31. The van der Waals surface area contributed by atoms with E-state index in [9.17, 15) is 0 Å². The highest BCUT2D eigenvalue weighted by Gasteiger charge is 2.16. The van der Waals surface area contributed by atoms with Gasteiger partial charge in [-0.1, -0.05) is 6.08 Å². The first kappa shape index (κ1) is 13.5. The molecule has 0 amide bonds. The molecule has 1 aromatic heterocycles. The molecule has 0 bridgehead atoms. The molecule has 1 aliphatic heterocycles. The van der Waals surface area contributed by atoms with E-state index in [0.29, 0.717) is 6.54 Å². The van der Waals surface area contributed by atoms with E-state index in [0.717, 1.165) is 42.0 Å². The van der Waals surface area contributed by atoms with E-state index in [4.69, 9.17) is 10.5 Å². The fraction of sp³-hybridized carbons (Fsp3) is 0.462. The molecule has 98 valence electrons. The van der Waals surface area contributed by atoms with Crippen molar-refractivity contribution in [2.45, 2.75) is 13.0 Å². The van der Waals surface area contributed by atoms with E-state index < -0.39 is 0 Å². The molecule has 0 aromatic carbocycles.